The van der Waals surface area contributed by atoms with Crippen molar-refractivity contribution in [3.05, 3.63) is 65.5 Å². The van der Waals surface area contributed by atoms with E-state index in [2.05, 4.69) is 0 Å². The molecule has 0 fully saturated rings. The van der Waals surface area contributed by atoms with Crippen molar-refractivity contribution in [1.82, 2.24) is 0 Å². The maximum absolute atomic E-state index is 13.6. The van der Waals surface area contributed by atoms with Crippen molar-refractivity contribution in [3.63, 3.8) is 0 Å². The van der Waals surface area contributed by atoms with Gasteiger partial charge in [0.1, 0.15) is 18.2 Å². The summed E-state index contributed by atoms with van der Waals surface area (Å²) >= 11 is 0. The van der Waals surface area contributed by atoms with Crippen molar-refractivity contribution in [3.8, 4) is 5.75 Å². The second-order valence-electron chi connectivity index (χ2n) is 3.71. The van der Waals surface area contributed by atoms with Crippen LogP contribution in [-0.2, 0) is 6.61 Å². The molecule has 0 spiro atoms. The number of para-hydroxylation sites is 1. The van der Waals surface area contributed by atoms with E-state index >= 15 is 0 Å². The van der Waals surface area contributed by atoms with Crippen LogP contribution >= 0.6 is 0 Å². The summed E-state index contributed by atoms with van der Waals surface area (Å²) in [4.78, 5) is 10.6. The maximum Gasteiger partial charge on any atom is 0.335 e. The number of carboxylic acid groups (broad SMARTS) is 1. The van der Waals surface area contributed by atoms with Crippen LogP contribution < -0.4 is 4.74 Å². The normalized spacial score (nSPS) is 10.1. The molecule has 0 saturated carbocycles. The van der Waals surface area contributed by atoms with Gasteiger partial charge in [-0.25, -0.2) is 9.18 Å². The Balaban J connectivity index is 2.08. The van der Waals surface area contributed by atoms with Crippen molar-refractivity contribution in [2.24, 2.45) is 0 Å². The largest absolute Gasteiger partial charge is 0.489 e. The van der Waals surface area contributed by atoms with Gasteiger partial charge >= 0.3 is 5.97 Å². The zero-order chi connectivity index (χ0) is 13.0. The first-order valence-electron chi connectivity index (χ1n) is 5.36. The molecule has 0 aromatic heterocycles. The zero-order valence-corrected chi connectivity index (χ0v) is 9.47. The minimum absolute atomic E-state index is 0.0652. The van der Waals surface area contributed by atoms with Gasteiger partial charge in [-0.3, -0.25) is 0 Å². The number of aromatic carboxylic acids is 1. The molecule has 0 aliphatic carbocycles. The van der Waals surface area contributed by atoms with E-state index in [0.29, 0.717) is 11.3 Å². The lowest BCUT2D eigenvalue weighted by Crippen LogP contribution is -2.02. The second kappa shape index (κ2) is 5.31. The van der Waals surface area contributed by atoms with Gasteiger partial charge in [-0.15, -0.1) is 0 Å². The van der Waals surface area contributed by atoms with Crippen molar-refractivity contribution in [2.75, 3.05) is 0 Å². The van der Waals surface area contributed by atoms with Crippen LogP contribution in [0.3, 0.4) is 0 Å². The summed E-state index contributed by atoms with van der Waals surface area (Å²) in [6.07, 6.45) is 0. The highest BCUT2D eigenvalue weighted by molar-refractivity contribution is 5.87. The molecule has 2 aromatic rings. The average molecular weight is 246 g/mol. The first-order valence-corrected chi connectivity index (χ1v) is 5.36. The zero-order valence-electron chi connectivity index (χ0n) is 9.47. The lowest BCUT2D eigenvalue weighted by molar-refractivity contribution is 0.0696. The van der Waals surface area contributed by atoms with E-state index in [-0.39, 0.29) is 12.2 Å². The smallest absolute Gasteiger partial charge is 0.335 e. The molecule has 0 saturated heterocycles. The van der Waals surface area contributed by atoms with Crippen LogP contribution in [-0.4, -0.2) is 11.1 Å². The number of rotatable bonds is 4. The Labute approximate surface area is 103 Å². The molecule has 2 aromatic carbocycles. The molecule has 0 atom stereocenters. The lowest BCUT2D eigenvalue weighted by atomic mass is 10.1. The van der Waals surface area contributed by atoms with Gasteiger partial charge in [-0.2, -0.15) is 0 Å². The Bertz CT molecular complexity index is 552. The van der Waals surface area contributed by atoms with E-state index in [1.165, 1.54) is 12.1 Å². The molecule has 1 N–H and O–H groups in total. The fourth-order valence-electron chi connectivity index (χ4n) is 1.48. The summed E-state index contributed by atoms with van der Waals surface area (Å²) in [5, 5.41) is 8.71. The number of carboxylic acids is 1. The minimum Gasteiger partial charge on any atom is -0.489 e. The summed E-state index contributed by atoms with van der Waals surface area (Å²) < 4.78 is 19.0. The topological polar surface area (TPSA) is 46.5 Å². The highest BCUT2D eigenvalue weighted by atomic mass is 19.1. The molecule has 2 rings (SSSR count). The number of halogens is 1. The van der Waals surface area contributed by atoms with E-state index in [1.54, 1.807) is 12.1 Å². The van der Waals surface area contributed by atoms with Crippen LogP contribution in [0.25, 0.3) is 0 Å². The molecule has 0 bridgehead atoms. The first-order chi connectivity index (χ1) is 8.66. The summed E-state index contributed by atoms with van der Waals surface area (Å²) in [5.74, 6) is -1.09. The quantitative estimate of drug-likeness (QED) is 0.901. The summed E-state index contributed by atoms with van der Waals surface area (Å²) in [5.41, 5.74) is 0.250. The van der Waals surface area contributed by atoms with Crippen LogP contribution in [0.1, 0.15) is 15.9 Å². The predicted octanol–water partition coefficient (Wildman–Crippen LogP) is 3.10. The van der Waals surface area contributed by atoms with Crippen molar-refractivity contribution in [1.29, 1.82) is 0 Å². The van der Waals surface area contributed by atoms with Crippen molar-refractivity contribution in [2.45, 2.75) is 6.61 Å². The average Bonchev–Trinajstić information content (AvgIpc) is 2.38. The second-order valence-corrected chi connectivity index (χ2v) is 3.71. The molecule has 4 heteroatoms. The number of ether oxygens (including phenoxy) is 1. The summed E-state index contributed by atoms with van der Waals surface area (Å²) in [7, 11) is 0. The highest BCUT2D eigenvalue weighted by Gasteiger charge is 2.08. The number of hydrogen-bond donors (Lipinski definition) is 1. The molecule has 92 valence electrons. The molecule has 0 heterocycles. The highest BCUT2D eigenvalue weighted by Crippen LogP contribution is 2.15. The third kappa shape index (κ3) is 2.85. The monoisotopic (exact) mass is 246 g/mol. The number of hydrogen-bond acceptors (Lipinski definition) is 2. The van der Waals surface area contributed by atoms with E-state index in [0.717, 1.165) is 6.07 Å². The molecule has 0 unspecified atom stereocenters. The Morgan fingerprint density at radius 3 is 2.50 bits per heavy atom. The van der Waals surface area contributed by atoms with Crippen LogP contribution in [0, 0.1) is 5.82 Å². The van der Waals surface area contributed by atoms with Crippen LogP contribution in [0.15, 0.2) is 48.5 Å². The third-order valence-corrected chi connectivity index (χ3v) is 2.44. The van der Waals surface area contributed by atoms with Gasteiger partial charge in [0.15, 0.2) is 0 Å². The summed E-state index contributed by atoms with van der Waals surface area (Å²) in [6.45, 7) is 0.0652. The number of carbonyl (C=O) groups is 1. The fraction of sp³-hybridized carbons (Fsp3) is 0.0714. The van der Waals surface area contributed by atoms with Crippen LogP contribution in [0.2, 0.25) is 0 Å². The Morgan fingerprint density at radius 1 is 1.17 bits per heavy atom. The van der Waals surface area contributed by atoms with Gasteiger partial charge in [0.25, 0.3) is 0 Å². The first kappa shape index (κ1) is 12.1. The van der Waals surface area contributed by atoms with Gasteiger partial charge < -0.3 is 9.84 Å². The van der Waals surface area contributed by atoms with E-state index in [1.807, 2.05) is 18.2 Å². The molecule has 0 aliphatic rings. The Morgan fingerprint density at radius 2 is 1.89 bits per heavy atom. The molecule has 0 radical (unpaired) electrons. The number of benzene rings is 2. The Kier molecular flexibility index (Phi) is 3.57. The van der Waals surface area contributed by atoms with Gasteiger partial charge in [0.2, 0.25) is 0 Å². The predicted molar refractivity (Wildman–Crippen MR) is 64.1 cm³/mol. The molecule has 0 amide bonds. The fourth-order valence-corrected chi connectivity index (χ4v) is 1.48. The Hall–Kier alpha value is -2.36. The molecular weight excluding hydrogens is 235 g/mol. The van der Waals surface area contributed by atoms with Gasteiger partial charge in [-0.05, 0) is 24.3 Å². The van der Waals surface area contributed by atoms with E-state index < -0.39 is 11.8 Å². The lowest BCUT2D eigenvalue weighted by Gasteiger charge is -2.07. The van der Waals surface area contributed by atoms with Crippen molar-refractivity contribution < 1.29 is 19.0 Å². The van der Waals surface area contributed by atoms with E-state index in [4.69, 9.17) is 9.84 Å². The van der Waals surface area contributed by atoms with E-state index in [9.17, 15) is 9.18 Å². The maximum atomic E-state index is 13.6. The molecule has 0 aliphatic heterocycles. The third-order valence-electron chi connectivity index (χ3n) is 2.44. The molecule has 3 nitrogen and oxygen atoms in total. The van der Waals surface area contributed by atoms with Crippen LogP contribution in [0.4, 0.5) is 4.39 Å². The van der Waals surface area contributed by atoms with Crippen molar-refractivity contribution >= 4 is 5.97 Å². The molecule has 18 heavy (non-hydrogen) atoms. The van der Waals surface area contributed by atoms with Gasteiger partial charge in [0.05, 0.1) is 5.56 Å². The SMILES string of the molecule is O=C(O)c1ccc(COc2ccccc2)c(F)c1. The molecular formula is C14H11FO3. The summed E-state index contributed by atoms with van der Waals surface area (Å²) in [6, 6.07) is 12.8. The van der Waals surface area contributed by atoms with Gasteiger partial charge in [0, 0.05) is 5.56 Å². The minimum atomic E-state index is -1.15. The van der Waals surface area contributed by atoms with Gasteiger partial charge in [-0.1, -0.05) is 24.3 Å². The van der Waals surface area contributed by atoms with Crippen LogP contribution in [0.5, 0.6) is 5.75 Å². The standard InChI is InChI=1S/C14H11FO3/c15-13-8-10(14(16)17)6-7-11(13)9-18-12-4-2-1-3-5-12/h1-8H,9H2,(H,16,17).